The van der Waals surface area contributed by atoms with Gasteiger partial charge in [-0.15, -0.1) is 0 Å². The van der Waals surface area contributed by atoms with E-state index in [1.807, 2.05) is 9.58 Å². The van der Waals surface area contributed by atoms with Crippen molar-refractivity contribution in [3.63, 3.8) is 0 Å². The smallest absolute Gasteiger partial charge is 0.224 e. The highest BCUT2D eigenvalue weighted by Crippen LogP contribution is 2.17. The van der Waals surface area contributed by atoms with Gasteiger partial charge in [0.05, 0.1) is 12.5 Å². The summed E-state index contributed by atoms with van der Waals surface area (Å²) in [6.07, 6.45) is 5.64. The first kappa shape index (κ1) is 14.0. The molecule has 0 aromatic carbocycles. The van der Waals surface area contributed by atoms with Crippen molar-refractivity contribution in [1.82, 2.24) is 25.0 Å². The van der Waals surface area contributed by atoms with Crippen LogP contribution in [0.4, 0.5) is 0 Å². The number of rotatable bonds is 5. The normalized spacial score (nSPS) is 21.4. The molecule has 0 saturated carbocycles. The Morgan fingerprint density at radius 1 is 1.43 bits per heavy atom. The van der Waals surface area contributed by atoms with Crippen molar-refractivity contribution in [2.45, 2.75) is 38.6 Å². The Balaban J connectivity index is 1.38. The summed E-state index contributed by atoms with van der Waals surface area (Å²) in [6, 6.07) is 0. The van der Waals surface area contributed by atoms with E-state index >= 15 is 0 Å². The lowest BCUT2D eigenvalue weighted by molar-refractivity contribution is -0.127. The van der Waals surface area contributed by atoms with Gasteiger partial charge in [0, 0.05) is 32.5 Å². The predicted molar refractivity (Wildman–Crippen MR) is 75.3 cm³/mol. The zero-order chi connectivity index (χ0) is 14.7. The molecule has 0 radical (unpaired) electrons. The van der Waals surface area contributed by atoms with Crippen LogP contribution in [0.5, 0.6) is 0 Å². The van der Waals surface area contributed by atoms with Crippen LogP contribution in [-0.2, 0) is 22.6 Å². The average molecular weight is 291 g/mol. The largest absolute Gasteiger partial charge is 0.356 e. The van der Waals surface area contributed by atoms with E-state index in [0.29, 0.717) is 19.5 Å². The topological polar surface area (TPSA) is 80.1 Å². The Morgan fingerprint density at radius 2 is 2.33 bits per heavy atom. The Bertz CT molecular complexity index is 527. The second-order valence-corrected chi connectivity index (χ2v) is 5.72. The highest BCUT2D eigenvalue weighted by atomic mass is 16.2. The van der Waals surface area contributed by atoms with Gasteiger partial charge >= 0.3 is 0 Å². The number of hydrogen-bond donors (Lipinski definition) is 1. The fourth-order valence-electron chi connectivity index (χ4n) is 3.02. The summed E-state index contributed by atoms with van der Waals surface area (Å²) in [4.78, 5) is 29.6. The number of hydrogen-bond acceptors (Lipinski definition) is 4. The van der Waals surface area contributed by atoms with E-state index in [2.05, 4.69) is 15.4 Å². The number of aromatic nitrogens is 3. The van der Waals surface area contributed by atoms with Crippen LogP contribution in [0.25, 0.3) is 0 Å². The number of nitrogens with zero attached hydrogens (tertiary/aromatic N) is 4. The quantitative estimate of drug-likeness (QED) is 0.773. The van der Waals surface area contributed by atoms with Crippen molar-refractivity contribution in [2.24, 2.45) is 5.92 Å². The first-order valence-corrected chi connectivity index (χ1v) is 7.66. The summed E-state index contributed by atoms with van der Waals surface area (Å²) in [5, 5.41) is 7.10. The van der Waals surface area contributed by atoms with Crippen LogP contribution in [0.15, 0.2) is 6.33 Å². The maximum absolute atomic E-state index is 12.1. The van der Waals surface area contributed by atoms with Gasteiger partial charge in [0.15, 0.2) is 0 Å². The van der Waals surface area contributed by atoms with Gasteiger partial charge in [-0.25, -0.2) is 9.67 Å². The van der Waals surface area contributed by atoms with Gasteiger partial charge in [0.1, 0.15) is 12.2 Å². The lowest BCUT2D eigenvalue weighted by atomic mass is 9.99. The molecule has 7 nitrogen and oxygen atoms in total. The molecular weight excluding hydrogens is 270 g/mol. The third-order valence-corrected chi connectivity index (χ3v) is 4.25. The minimum Gasteiger partial charge on any atom is -0.356 e. The lowest BCUT2D eigenvalue weighted by Gasteiger charge is -2.22. The van der Waals surface area contributed by atoms with E-state index in [1.165, 1.54) is 0 Å². The molecule has 1 saturated heterocycles. The van der Waals surface area contributed by atoms with Gasteiger partial charge in [0.2, 0.25) is 11.8 Å². The van der Waals surface area contributed by atoms with E-state index in [0.717, 1.165) is 44.6 Å². The van der Waals surface area contributed by atoms with Crippen molar-refractivity contribution in [1.29, 1.82) is 0 Å². The molecule has 1 aromatic heterocycles. The highest BCUT2D eigenvalue weighted by molar-refractivity contribution is 5.79. The van der Waals surface area contributed by atoms with Gasteiger partial charge in [-0.05, 0) is 19.3 Å². The molecular formula is C14H21N5O2. The molecule has 21 heavy (non-hydrogen) atoms. The average Bonchev–Trinajstić information content (AvgIpc) is 3.11. The van der Waals surface area contributed by atoms with Crippen LogP contribution in [-0.4, -0.2) is 51.1 Å². The van der Waals surface area contributed by atoms with E-state index < -0.39 is 0 Å². The maximum atomic E-state index is 12.1. The standard InChI is InChI=1S/C14H21N5O2/c20-13-3-1-7-18(13)8-2-6-15-14(21)11-4-5-12-16-10-17-19(12)9-11/h10-11H,1-9H2,(H,15,21). The van der Waals surface area contributed by atoms with E-state index in [-0.39, 0.29) is 17.7 Å². The fraction of sp³-hybridized carbons (Fsp3) is 0.714. The Labute approximate surface area is 123 Å². The first-order valence-electron chi connectivity index (χ1n) is 7.66. The molecule has 1 aromatic rings. The number of fused-ring (bicyclic) bond motifs is 1. The number of carbonyl (C=O) groups is 2. The van der Waals surface area contributed by atoms with Crippen molar-refractivity contribution in [3.8, 4) is 0 Å². The maximum Gasteiger partial charge on any atom is 0.224 e. The molecule has 1 N–H and O–H groups in total. The molecule has 0 aliphatic carbocycles. The van der Waals surface area contributed by atoms with Crippen LogP contribution < -0.4 is 5.32 Å². The molecule has 0 bridgehead atoms. The molecule has 3 heterocycles. The molecule has 2 aliphatic heterocycles. The fourth-order valence-corrected chi connectivity index (χ4v) is 3.02. The number of aryl methyl sites for hydroxylation is 1. The van der Waals surface area contributed by atoms with Crippen molar-refractivity contribution in [2.75, 3.05) is 19.6 Å². The molecule has 2 amide bonds. The summed E-state index contributed by atoms with van der Waals surface area (Å²) in [5.74, 6) is 1.27. The molecule has 2 aliphatic rings. The zero-order valence-corrected chi connectivity index (χ0v) is 12.1. The van der Waals surface area contributed by atoms with Crippen molar-refractivity contribution < 1.29 is 9.59 Å². The molecule has 1 unspecified atom stereocenters. The van der Waals surface area contributed by atoms with Gasteiger partial charge < -0.3 is 10.2 Å². The highest BCUT2D eigenvalue weighted by Gasteiger charge is 2.25. The zero-order valence-electron chi connectivity index (χ0n) is 12.1. The number of nitrogens with one attached hydrogen (secondary N) is 1. The van der Waals surface area contributed by atoms with E-state index in [9.17, 15) is 9.59 Å². The van der Waals surface area contributed by atoms with Crippen LogP contribution in [0.2, 0.25) is 0 Å². The van der Waals surface area contributed by atoms with Crippen LogP contribution in [0.1, 0.15) is 31.5 Å². The predicted octanol–water partition coefficient (Wildman–Crippen LogP) is -0.0308. The lowest BCUT2D eigenvalue weighted by Crippen LogP contribution is -2.37. The summed E-state index contributed by atoms with van der Waals surface area (Å²) in [5.41, 5.74) is 0. The van der Waals surface area contributed by atoms with Gasteiger partial charge in [-0.2, -0.15) is 5.10 Å². The molecule has 3 rings (SSSR count). The molecule has 114 valence electrons. The second kappa shape index (κ2) is 6.24. The van der Waals surface area contributed by atoms with Crippen molar-refractivity contribution in [3.05, 3.63) is 12.2 Å². The third kappa shape index (κ3) is 3.22. The number of carbonyl (C=O) groups excluding carboxylic acids is 2. The third-order valence-electron chi connectivity index (χ3n) is 4.25. The molecule has 1 atom stereocenters. The first-order chi connectivity index (χ1) is 10.2. The SMILES string of the molecule is O=C(NCCCN1CCCC1=O)C1CCc2ncnn2C1. The molecule has 7 heteroatoms. The summed E-state index contributed by atoms with van der Waals surface area (Å²) >= 11 is 0. The van der Waals surface area contributed by atoms with Gasteiger partial charge in [-0.3, -0.25) is 9.59 Å². The molecule has 0 spiro atoms. The van der Waals surface area contributed by atoms with E-state index in [4.69, 9.17) is 0 Å². The monoisotopic (exact) mass is 291 g/mol. The van der Waals surface area contributed by atoms with Gasteiger partial charge in [0.25, 0.3) is 0 Å². The molecule has 1 fully saturated rings. The Morgan fingerprint density at radius 3 is 3.14 bits per heavy atom. The summed E-state index contributed by atoms with van der Waals surface area (Å²) in [6.45, 7) is 2.86. The second-order valence-electron chi connectivity index (χ2n) is 5.72. The summed E-state index contributed by atoms with van der Waals surface area (Å²) in [7, 11) is 0. The van der Waals surface area contributed by atoms with Gasteiger partial charge in [-0.1, -0.05) is 0 Å². The number of amides is 2. The van der Waals surface area contributed by atoms with Crippen LogP contribution in [0.3, 0.4) is 0 Å². The Hall–Kier alpha value is -1.92. The Kier molecular flexibility index (Phi) is 4.17. The summed E-state index contributed by atoms with van der Waals surface area (Å²) < 4.78 is 1.82. The number of likely N-dealkylation sites (tertiary alicyclic amines) is 1. The minimum atomic E-state index is -0.0207. The van der Waals surface area contributed by atoms with Crippen molar-refractivity contribution >= 4 is 11.8 Å². The van der Waals surface area contributed by atoms with Crippen LogP contribution in [0, 0.1) is 5.92 Å². The van der Waals surface area contributed by atoms with Crippen LogP contribution >= 0.6 is 0 Å². The minimum absolute atomic E-state index is 0.0207. The van der Waals surface area contributed by atoms with E-state index in [1.54, 1.807) is 6.33 Å².